The molecule has 0 aromatic carbocycles. The van der Waals surface area contributed by atoms with E-state index < -0.39 is 0 Å². The van der Waals surface area contributed by atoms with Crippen molar-refractivity contribution < 1.29 is 0 Å². The average Bonchev–Trinajstić information content (AvgIpc) is 2.46. The van der Waals surface area contributed by atoms with Gasteiger partial charge in [0.2, 0.25) is 0 Å². The number of rotatable bonds is 2. The number of hydrogen-bond acceptors (Lipinski definition) is 3. The van der Waals surface area contributed by atoms with Crippen LogP contribution in [0.25, 0.3) is 0 Å². The molecule has 0 amide bonds. The summed E-state index contributed by atoms with van der Waals surface area (Å²) < 4.78 is 0. The highest BCUT2D eigenvalue weighted by atomic mass is 14.9. The molecular formula is C14H23N3. The molecule has 3 heteroatoms. The third kappa shape index (κ3) is 3.91. The van der Waals surface area contributed by atoms with E-state index in [4.69, 9.17) is 5.73 Å². The van der Waals surface area contributed by atoms with Gasteiger partial charge in [0.25, 0.3) is 0 Å². The predicted molar refractivity (Wildman–Crippen MR) is 73.0 cm³/mol. The summed E-state index contributed by atoms with van der Waals surface area (Å²) in [4.78, 5) is 4.02. The van der Waals surface area contributed by atoms with E-state index in [0.29, 0.717) is 6.04 Å². The quantitative estimate of drug-likeness (QED) is 0.821. The van der Waals surface area contributed by atoms with Gasteiger partial charge >= 0.3 is 0 Å². The summed E-state index contributed by atoms with van der Waals surface area (Å²) in [6.07, 6.45) is 14.3. The Morgan fingerprint density at radius 3 is 2.35 bits per heavy atom. The van der Waals surface area contributed by atoms with Crippen molar-refractivity contribution in [2.75, 3.05) is 11.1 Å². The first-order valence-electron chi connectivity index (χ1n) is 6.82. The van der Waals surface area contributed by atoms with Crippen molar-refractivity contribution in [1.29, 1.82) is 0 Å². The summed E-state index contributed by atoms with van der Waals surface area (Å²) in [5.41, 5.74) is 7.72. The number of nitrogens with one attached hydrogen (secondary N) is 1. The highest BCUT2D eigenvalue weighted by Crippen LogP contribution is 2.23. The molecule has 1 heterocycles. The highest BCUT2D eigenvalue weighted by Gasteiger charge is 2.11. The second-order valence-corrected chi connectivity index (χ2v) is 5.00. The Labute approximate surface area is 104 Å². The molecule has 3 N–H and O–H groups in total. The standard InChI is InChI=1S/C14H23N3/c15-13-11-16-10-9-14(13)17-12-7-5-3-1-2-4-6-8-12/h9-12H,1-8,15H2,(H,16,17). The largest absolute Gasteiger partial charge is 0.396 e. The molecular weight excluding hydrogens is 210 g/mol. The Morgan fingerprint density at radius 1 is 1.06 bits per heavy atom. The van der Waals surface area contributed by atoms with E-state index >= 15 is 0 Å². The molecule has 1 aromatic heterocycles. The van der Waals surface area contributed by atoms with Gasteiger partial charge < -0.3 is 11.1 Å². The molecule has 3 nitrogen and oxygen atoms in total. The first-order valence-corrected chi connectivity index (χ1v) is 6.82. The van der Waals surface area contributed by atoms with Crippen LogP contribution in [0.5, 0.6) is 0 Å². The van der Waals surface area contributed by atoms with E-state index in [0.717, 1.165) is 11.4 Å². The number of aromatic nitrogens is 1. The van der Waals surface area contributed by atoms with Gasteiger partial charge in [-0.3, -0.25) is 4.98 Å². The molecule has 1 aromatic rings. The zero-order chi connectivity index (χ0) is 11.9. The molecule has 0 atom stereocenters. The summed E-state index contributed by atoms with van der Waals surface area (Å²) in [6, 6.07) is 2.56. The molecule has 1 saturated carbocycles. The molecule has 17 heavy (non-hydrogen) atoms. The van der Waals surface area contributed by atoms with E-state index in [-0.39, 0.29) is 0 Å². The summed E-state index contributed by atoms with van der Waals surface area (Å²) in [6.45, 7) is 0. The molecule has 1 aliphatic rings. The molecule has 2 rings (SSSR count). The van der Waals surface area contributed by atoms with Crippen LogP contribution in [-0.4, -0.2) is 11.0 Å². The fraction of sp³-hybridized carbons (Fsp3) is 0.643. The third-order valence-corrected chi connectivity index (χ3v) is 3.57. The van der Waals surface area contributed by atoms with Gasteiger partial charge in [-0.15, -0.1) is 0 Å². The van der Waals surface area contributed by atoms with Crippen molar-refractivity contribution in [2.24, 2.45) is 0 Å². The molecule has 0 aliphatic heterocycles. The van der Waals surface area contributed by atoms with E-state index in [1.165, 1.54) is 51.4 Å². The van der Waals surface area contributed by atoms with Crippen LogP contribution < -0.4 is 11.1 Å². The van der Waals surface area contributed by atoms with Crippen LogP contribution in [0.15, 0.2) is 18.5 Å². The van der Waals surface area contributed by atoms with Gasteiger partial charge in [-0.2, -0.15) is 0 Å². The van der Waals surface area contributed by atoms with Crippen LogP contribution >= 0.6 is 0 Å². The van der Waals surface area contributed by atoms with Crippen molar-refractivity contribution >= 4 is 11.4 Å². The Bertz CT molecular complexity index is 328. The van der Waals surface area contributed by atoms with Gasteiger partial charge in [-0.1, -0.05) is 38.5 Å². The Morgan fingerprint density at radius 2 is 1.71 bits per heavy atom. The molecule has 0 bridgehead atoms. The van der Waals surface area contributed by atoms with Crippen molar-refractivity contribution in [3.8, 4) is 0 Å². The Balaban J connectivity index is 1.93. The number of nitrogen functional groups attached to an aromatic ring is 1. The molecule has 0 unspecified atom stereocenters. The maximum Gasteiger partial charge on any atom is 0.0736 e. The Hall–Kier alpha value is -1.25. The molecule has 0 radical (unpaired) electrons. The summed E-state index contributed by atoms with van der Waals surface area (Å²) in [7, 11) is 0. The lowest BCUT2D eigenvalue weighted by atomic mass is 10.0. The third-order valence-electron chi connectivity index (χ3n) is 3.57. The van der Waals surface area contributed by atoms with Crippen molar-refractivity contribution in [2.45, 2.75) is 57.4 Å². The maximum absolute atomic E-state index is 5.91. The van der Waals surface area contributed by atoms with Crippen LogP contribution in [-0.2, 0) is 0 Å². The number of hydrogen-bond donors (Lipinski definition) is 2. The fourth-order valence-electron chi connectivity index (χ4n) is 2.54. The lowest BCUT2D eigenvalue weighted by molar-refractivity contribution is 0.563. The van der Waals surface area contributed by atoms with E-state index in [2.05, 4.69) is 10.3 Å². The molecule has 0 saturated heterocycles. The normalized spacial score (nSPS) is 19.1. The van der Waals surface area contributed by atoms with Gasteiger partial charge in [-0.05, 0) is 18.9 Å². The fourth-order valence-corrected chi connectivity index (χ4v) is 2.54. The van der Waals surface area contributed by atoms with Crippen LogP contribution in [0.3, 0.4) is 0 Å². The average molecular weight is 233 g/mol. The van der Waals surface area contributed by atoms with Gasteiger partial charge in [0.05, 0.1) is 17.6 Å². The minimum Gasteiger partial charge on any atom is -0.396 e. The molecule has 94 valence electrons. The van der Waals surface area contributed by atoms with Crippen molar-refractivity contribution in [3.05, 3.63) is 18.5 Å². The smallest absolute Gasteiger partial charge is 0.0736 e. The summed E-state index contributed by atoms with van der Waals surface area (Å²) >= 11 is 0. The van der Waals surface area contributed by atoms with Gasteiger partial charge in [-0.25, -0.2) is 0 Å². The van der Waals surface area contributed by atoms with Gasteiger partial charge in [0, 0.05) is 12.2 Å². The summed E-state index contributed by atoms with van der Waals surface area (Å²) in [5, 5.41) is 3.58. The lowest BCUT2D eigenvalue weighted by Crippen LogP contribution is -2.20. The number of nitrogens with zero attached hydrogens (tertiary/aromatic N) is 1. The van der Waals surface area contributed by atoms with Crippen molar-refractivity contribution in [3.63, 3.8) is 0 Å². The summed E-state index contributed by atoms with van der Waals surface area (Å²) in [5.74, 6) is 0. The van der Waals surface area contributed by atoms with Crippen molar-refractivity contribution in [1.82, 2.24) is 4.98 Å². The molecule has 1 fully saturated rings. The monoisotopic (exact) mass is 233 g/mol. The first-order chi connectivity index (χ1) is 8.36. The van der Waals surface area contributed by atoms with Gasteiger partial charge in [0.1, 0.15) is 0 Å². The SMILES string of the molecule is Nc1cnccc1NC1CCCCCCCC1. The zero-order valence-electron chi connectivity index (χ0n) is 10.5. The minimum absolute atomic E-state index is 0.581. The Kier molecular flexibility index (Phi) is 4.65. The zero-order valence-corrected chi connectivity index (χ0v) is 10.5. The van der Waals surface area contributed by atoms with E-state index in [1.54, 1.807) is 12.4 Å². The van der Waals surface area contributed by atoms with Crippen LogP contribution in [0.4, 0.5) is 11.4 Å². The van der Waals surface area contributed by atoms with Crippen LogP contribution in [0.1, 0.15) is 51.4 Å². The molecule has 0 spiro atoms. The van der Waals surface area contributed by atoms with E-state index in [1.807, 2.05) is 6.07 Å². The second kappa shape index (κ2) is 6.48. The highest BCUT2D eigenvalue weighted by molar-refractivity contribution is 5.64. The predicted octanol–water partition coefficient (Wildman–Crippen LogP) is 3.58. The number of pyridine rings is 1. The maximum atomic E-state index is 5.91. The topological polar surface area (TPSA) is 50.9 Å². The lowest BCUT2D eigenvalue weighted by Gasteiger charge is -2.20. The minimum atomic E-state index is 0.581. The second-order valence-electron chi connectivity index (χ2n) is 5.00. The van der Waals surface area contributed by atoms with Crippen LogP contribution in [0.2, 0.25) is 0 Å². The first kappa shape index (κ1) is 12.2. The van der Waals surface area contributed by atoms with Crippen LogP contribution in [0, 0.1) is 0 Å². The van der Waals surface area contributed by atoms with E-state index in [9.17, 15) is 0 Å². The molecule has 1 aliphatic carbocycles. The van der Waals surface area contributed by atoms with Gasteiger partial charge in [0.15, 0.2) is 0 Å². The number of anilines is 2. The number of nitrogens with two attached hydrogens (primary N) is 1.